The number of carbonyl (C=O) groups excluding carboxylic acids is 7. The lowest BCUT2D eigenvalue weighted by molar-refractivity contribution is -0.162. The van der Waals surface area contributed by atoms with Crippen LogP contribution in [-0.2, 0) is 47.9 Å². The van der Waals surface area contributed by atoms with Gasteiger partial charge >= 0.3 is 17.9 Å². The number of carbonyl (C=O) groups is 9. The Hall–Kier alpha value is -4.92. The van der Waals surface area contributed by atoms with Gasteiger partial charge in [-0.05, 0) is 39.2 Å². The van der Waals surface area contributed by atoms with Crippen molar-refractivity contribution in [2.45, 2.75) is 99.2 Å². The molecule has 0 aromatic carbocycles. The minimum atomic E-state index is -2.04. The van der Waals surface area contributed by atoms with Gasteiger partial charge in [-0.2, -0.15) is 0 Å². The van der Waals surface area contributed by atoms with E-state index in [0.29, 0.717) is 12.8 Å². The Bertz CT molecular complexity index is 1550. The smallest absolute Gasteiger partial charge is 0.352 e. The van der Waals surface area contributed by atoms with Crippen LogP contribution in [0, 0.1) is 0 Å². The summed E-state index contributed by atoms with van der Waals surface area (Å²) in [7, 11) is 0. The predicted molar refractivity (Wildman–Crippen MR) is 195 cm³/mol. The summed E-state index contributed by atoms with van der Waals surface area (Å²) in [6, 6.07) is -6.54. The molecule has 0 bridgehead atoms. The number of fused-ring (bicyclic) bond motifs is 1. The molecule has 2 rings (SSSR count). The number of hydrogen-bond acceptors (Lipinski definition) is 17. The normalized spacial score (nSPS) is 20.6. The molecule has 0 saturated carbocycles. The van der Waals surface area contributed by atoms with Crippen LogP contribution in [0.25, 0.3) is 0 Å². The molecule has 0 aromatic heterocycles. The molecule has 0 spiro atoms. The predicted octanol–water partition coefficient (Wildman–Crippen LogP) is -6.41. The minimum Gasteiger partial charge on any atom is -0.480 e. The van der Waals surface area contributed by atoms with Gasteiger partial charge in [-0.1, -0.05) is 6.42 Å². The molecule has 6 amide bonds. The lowest BCUT2D eigenvalue weighted by atomic mass is 9.94. The summed E-state index contributed by atoms with van der Waals surface area (Å²) in [6.07, 6.45) is -1.61. The third-order valence-electron chi connectivity index (χ3n) is 8.80. The monoisotopic (exact) mass is 833 g/mol. The molecule has 0 unspecified atom stereocenters. The van der Waals surface area contributed by atoms with Crippen molar-refractivity contribution < 1.29 is 73.4 Å². The first-order chi connectivity index (χ1) is 26.9. The largest absolute Gasteiger partial charge is 0.480 e. The summed E-state index contributed by atoms with van der Waals surface area (Å²) in [5.74, 6) is -8.63. The number of nitrogens with two attached hydrogens (primary N) is 3. The van der Waals surface area contributed by atoms with Gasteiger partial charge < -0.3 is 74.1 Å². The standard InChI is InChI=1S/C32H51N9O15S/c1-15(34)25(48)38-19(10-42)27(50)39-20(11-43)26(49)37-18(6-2-3-8-33)21(45)9-23(47)56-12-16-13-57-31-32(36-14-44,30(55)41(31)24(16)29(53)54)40-22(46)7-4-5-17(35)28(51)52/h14-15,17-21,31,42-43,45H,2-13,33-35H2,1H3,(H,36,44)(H,37,49)(H,38,48)(H,39,50)(H,40,46)(H,51,52)(H,53,54)/t15-,17+,18-,19-,20-,21+,31+,32+/m0/s1. The molecule has 0 aliphatic carbocycles. The molecule has 1 fully saturated rings. The van der Waals surface area contributed by atoms with Gasteiger partial charge in [-0.15, -0.1) is 11.8 Å². The van der Waals surface area contributed by atoms with Crippen molar-refractivity contribution in [3.05, 3.63) is 11.3 Å². The number of esters is 1. The zero-order valence-corrected chi connectivity index (χ0v) is 31.8. The number of nitrogens with one attached hydrogen (secondary N) is 5. The number of β-lactam (4-membered cyclic amide) rings is 1. The topological polar surface area (TPSA) is 405 Å². The zero-order chi connectivity index (χ0) is 43.0. The Morgan fingerprint density at radius 3 is 2.12 bits per heavy atom. The number of hydrogen-bond donors (Lipinski definition) is 13. The van der Waals surface area contributed by atoms with Crippen molar-refractivity contribution in [3.63, 3.8) is 0 Å². The number of amides is 6. The van der Waals surface area contributed by atoms with E-state index >= 15 is 0 Å². The minimum absolute atomic E-state index is 0.0299. The van der Waals surface area contributed by atoms with E-state index in [1.165, 1.54) is 6.92 Å². The van der Waals surface area contributed by atoms with E-state index in [1.54, 1.807) is 0 Å². The van der Waals surface area contributed by atoms with Gasteiger partial charge in [0.1, 0.15) is 35.8 Å². The van der Waals surface area contributed by atoms with Gasteiger partial charge in [0.2, 0.25) is 35.7 Å². The van der Waals surface area contributed by atoms with Gasteiger partial charge in [0.25, 0.3) is 5.91 Å². The number of carboxylic acid groups (broad SMARTS) is 2. The van der Waals surface area contributed by atoms with Crippen molar-refractivity contribution >= 4 is 65.6 Å². The number of rotatable bonds is 26. The van der Waals surface area contributed by atoms with Gasteiger partial charge in [0, 0.05) is 17.7 Å². The first-order valence-electron chi connectivity index (χ1n) is 17.7. The van der Waals surface area contributed by atoms with E-state index in [1.807, 2.05) is 0 Å². The van der Waals surface area contributed by atoms with Crippen LogP contribution in [0.1, 0.15) is 51.9 Å². The Kier molecular flexibility index (Phi) is 19.2. The summed E-state index contributed by atoms with van der Waals surface area (Å²) in [5, 5.41) is 59.6. The summed E-state index contributed by atoms with van der Waals surface area (Å²) >= 11 is 0.933. The van der Waals surface area contributed by atoms with Gasteiger partial charge in [-0.3, -0.25) is 43.3 Å². The summed E-state index contributed by atoms with van der Waals surface area (Å²) < 4.78 is 5.25. The number of thioether (sulfide) groups is 1. The fourth-order valence-corrected chi connectivity index (χ4v) is 7.06. The fourth-order valence-electron chi connectivity index (χ4n) is 5.65. The molecule has 57 heavy (non-hydrogen) atoms. The highest BCUT2D eigenvalue weighted by Crippen LogP contribution is 2.45. The highest BCUT2D eigenvalue weighted by molar-refractivity contribution is 8.00. The molecule has 8 atom stereocenters. The molecule has 0 aromatic rings. The molecular formula is C32H51N9O15S. The van der Waals surface area contributed by atoms with Crippen LogP contribution >= 0.6 is 11.8 Å². The van der Waals surface area contributed by atoms with Gasteiger partial charge in [0.05, 0.1) is 37.8 Å². The highest BCUT2D eigenvalue weighted by Gasteiger charge is 2.66. The molecule has 1 saturated heterocycles. The Morgan fingerprint density at radius 1 is 0.965 bits per heavy atom. The summed E-state index contributed by atoms with van der Waals surface area (Å²) in [6.45, 7) is -0.870. The van der Waals surface area contributed by atoms with Crippen LogP contribution in [0.2, 0.25) is 0 Å². The van der Waals surface area contributed by atoms with Crippen molar-refractivity contribution in [3.8, 4) is 0 Å². The first kappa shape index (κ1) is 48.2. The van der Waals surface area contributed by atoms with E-state index < -0.39 is 127 Å². The van der Waals surface area contributed by atoms with Crippen LogP contribution in [0.15, 0.2) is 11.3 Å². The van der Waals surface area contributed by atoms with Crippen LogP contribution in [0.3, 0.4) is 0 Å². The van der Waals surface area contributed by atoms with Crippen molar-refractivity contribution in [1.29, 1.82) is 0 Å². The second-order valence-electron chi connectivity index (χ2n) is 13.2. The summed E-state index contributed by atoms with van der Waals surface area (Å²) in [5.41, 5.74) is 13.8. The van der Waals surface area contributed by atoms with Gasteiger partial charge in [-0.25, -0.2) is 4.79 Å². The Balaban J connectivity index is 2.12. The number of carboxylic acids is 2. The molecule has 2 aliphatic rings. The second-order valence-corrected chi connectivity index (χ2v) is 14.2. The molecular weight excluding hydrogens is 782 g/mol. The summed E-state index contributed by atoms with van der Waals surface area (Å²) in [4.78, 5) is 112. The number of aliphatic hydroxyl groups is 3. The number of aliphatic carboxylic acids is 2. The third-order valence-corrected chi connectivity index (χ3v) is 10.2. The van der Waals surface area contributed by atoms with E-state index in [4.69, 9.17) is 27.0 Å². The lowest BCUT2D eigenvalue weighted by Gasteiger charge is -2.56. The molecule has 0 radical (unpaired) electrons. The second kappa shape index (κ2) is 22.7. The Labute approximate surface area is 330 Å². The van der Waals surface area contributed by atoms with Crippen LogP contribution in [0.4, 0.5) is 0 Å². The van der Waals surface area contributed by atoms with E-state index in [2.05, 4.69) is 26.6 Å². The molecule has 2 heterocycles. The molecule has 24 nitrogen and oxygen atoms in total. The SMILES string of the molecule is C[C@H](N)C(=O)N[C@@H](CO)C(=O)N[C@@H](CO)C(=O)N[C@@H](CCCCN)[C@H](O)CC(=O)OCC1=C(C(=O)O)N2C(=O)[C@@](NC=O)(NC(=O)CCC[C@@H](N)C(=O)O)[C@H]2SC1. The molecule has 16 N–H and O–H groups in total. The van der Waals surface area contributed by atoms with Crippen LogP contribution in [-0.4, -0.2) is 164 Å². The zero-order valence-electron chi connectivity index (χ0n) is 31.0. The molecule has 320 valence electrons. The molecule has 25 heteroatoms. The number of nitrogens with zero attached hydrogens (tertiary/aromatic N) is 1. The van der Waals surface area contributed by atoms with E-state index in [0.717, 1.165) is 16.7 Å². The average molecular weight is 834 g/mol. The first-order valence-corrected chi connectivity index (χ1v) is 18.8. The maximum absolute atomic E-state index is 13.4. The Morgan fingerprint density at radius 2 is 1.58 bits per heavy atom. The maximum Gasteiger partial charge on any atom is 0.352 e. The fraction of sp³-hybridized carbons (Fsp3) is 0.656. The van der Waals surface area contributed by atoms with Gasteiger partial charge in [0.15, 0.2) is 0 Å². The van der Waals surface area contributed by atoms with Crippen LogP contribution < -0.4 is 43.8 Å². The lowest BCUT2D eigenvalue weighted by Crippen LogP contribution is -2.85. The van der Waals surface area contributed by atoms with Crippen molar-refractivity contribution in [1.82, 2.24) is 31.5 Å². The van der Waals surface area contributed by atoms with E-state index in [9.17, 15) is 63.6 Å². The van der Waals surface area contributed by atoms with Crippen molar-refractivity contribution in [2.24, 2.45) is 17.2 Å². The highest BCUT2D eigenvalue weighted by atomic mass is 32.2. The van der Waals surface area contributed by atoms with E-state index in [-0.39, 0.29) is 50.0 Å². The number of unbranched alkanes of at least 4 members (excludes halogenated alkanes) is 1. The number of ether oxygens (including phenoxy) is 1. The number of aliphatic hydroxyl groups excluding tert-OH is 3. The average Bonchev–Trinajstić information content (AvgIpc) is 3.16. The van der Waals surface area contributed by atoms with Crippen LogP contribution in [0.5, 0.6) is 0 Å². The molecule has 2 aliphatic heterocycles. The maximum atomic E-state index is 13.4. The quantitative estimate of drug-likeness (QED) is 0.0127. The third kappa shape index (κ3) is 13.1. The van der Waals surface area contributed by atoms with Crippen molar-refractivity contribution in [2.75, 3.05) is 32.1 Å².